The van der Waals surface area contributed by atoms with Gasteiger partial charge in [0.25, 0.3) is 11.8 Å². The van der Waals surface area contributed by atoms with Crippen molar-refractivity contribution in [3.63, 3.8) is 0 Å². The summed E-state index contributed by atoms with van der Waals surface area (Å²) in [5.41, 5.74) is -5.42. The van der Waals surface area contributed by atoms with Gasteiger partial charge in [0.2, 0.25) is 33.4 Å². The number of amides is 3. The number of ether oxygens (including phenoxy) is 4. The summed E-state index contributed by atoms with van der Waals surface area (Å²) in [6, 6.07) is 3.70. The molecule has 328 valence electrons. The minimum atomic E-state index is -4.96. The van der Waals surface area contributed by atoms with Crippen molar-refractivity contribution in [3.05, 3.63) is 30.4 Å². The quantitative estimate of drug-likeness (QED) is 0.220. The summed E-state index contributed by atoms with van der Waals surface area (Å²) in [6.45, 7) is 6.13. The topological polar surface area (TPSA) is 187 Å². The molecule has 0 spiro atoms. The molecule has 20 heteroatoms. The molecule has 0 bridgehead atoms. The van der Waals surface area contributed by atoms with E-state index in [4.69, 9.17) is 18.9 Å². The zero-order valence-corrected chi connectivity index (χ0v) is 35.6. The number of hydrogen-bond donors (Lipinski definition) is 1. The molecule has 7 atom stereocenters. The molecule has 0 radical (unpaired) electrons. The van der Waals surface area contributed by atoms with E-state index in [1.165, 1.54) is 7.11 Å². The Morgan fingerprint density at radius 1 is 1.07 bits per heavy atom. The predicted octanol–water partition coefficient (Wildman–Crippen LogP) is 4.65. The van der Waals surface area contributed by atoms with E-state index in [1.54, 1.807) is 63.2 Å². The molecule has 1 N–H and O–H groups in total. The molecular formula is C40H51F3N6O10S. The third kappa shape index (κ3) is 7.14. The number of sulfonamides is 1. The number of nitrogens with zero attached hydrogens (tertiary/aromatic N) is 5. The minimum Gasteiger partial charge on any atom is -0.497 e. The van der Waals surface area contributed by atoms with Crippen molar-refractivity contribution in [3.8, 4) is 11.6 Å². The van der Waals surface area contributed by atoms with E-state index in [9.17, 15) is 40.8 Å². The third-order valence-electron chi connectivity index (χ3n) is 12.6. The Kier molecular flexibility index (Phi) is 10.5. The molecule has 1 aromatic carbocycles. The summed E-state index contributed by atoms with van der Waals surface area (Å²) < 4.78 is 90.8. The second-order valence-corrected chi connectivity index (χ2v) is 20.1. The van der Waals surface area contributed by atoms with Gasteiger partial charge in [-0.1, -0.05) is 26.0 Å². The van der Waals surface area contributed by atoms with Crippen molar-refractivity contribution in [1.29, 1.82) is 0 Å². The van der Waals surface area contributed by atoms with E-state index >= 15 is 0 Å². The fourth-order valence-electron chi connectivity index (χ4n) is 8.43. The van der Waals surface area contributed by atoms with Crippen LogP contribution in [0.25, 0.3) is 10.9 Å². The number of halogens is 3. The molecule has 5 aliphatic rings. The first-order valence-electron chi connectivity index (χ1n) is 20.0. The largest absolute Gasteiger partial charge is 0.509 e. The Labute approximate surface area is 346 Å². The molecule has 60 heavy (non-hydrogen) atoms. The average molecular weight is 865 g/mol. The highest BCUT2D eigenvalue weighted by molar-refractivity contribution is 7.91. The van der Waals surface area contributed by atoms with E-state index in [0.29, 0.717) is 56.2 Å². The van der Waals surface area contributed by atoms with Crippen molar-refractivity contribution in [1.82, 2.24) is 24.5 Å². The van der Waals surface area contributed by atoms with Crippen LogP contribution in [0.4, 0.5) is 23.9 Å². The number of alkyl halides is 3. The van der Waals surface area contributed by atoms with Crippen LogP contribution in [-0.4, -0.2) is 125 Å². The first-order valence-corrected chi connectivity index (χ1v) is 21.4. The lowest BCUT2D eigenvalue weighted by molar-refractivity contribution is -0.250. The zero-order chi connectivity index (χ0) is 44.0. The van der Waals surface area contributed by atoms with Crippen molar-refractivity contribution in [2.45, 2.75) is 125 Å². The first-order chi connectivity index (χ1) is 27.9. The second kappa shape index (κ2) is 14.6. The zero-order valence-electron chi connectivity index (χ0n) is 34.8. The molecule has 0 unspecified atom stereocenters. The molecule has 4 fully saturated rings. The first kappa shape index (κ1) is 43.2. The molecule has 2 aliphatic carbocycles. The summed E-state index contributed by atoms with van der Waals surface area (Å²) in [5, 5.41) is 3.30. The van der Waals surface area contributed by atoms with Crippen LogP contribution < -0.4 is 19.7 Å². The van der Waals surface area contributed by atoms with Crippen LogP contribution in [0, 0.1) is 11.8 Å². The number of carbonyl (C=O) groups excluding carboxylic acids is 4. The maximum absolute atomic E-state index is 14.8. The number of methoxy groups -OCH3 is 1. The average Bonchev–Trinajstić information content (AvgIpc) is 3.98. The van der Waals surface area contributed by atoms with Gasteiger partial charge in [-0.25, -0.2) is 22.5 Å². The number of fused-ring (bicyclic) bond motifs is 2. The van der Waals surface area contributed by atoms with Crippen LogP contribution in [0.1, 0.15) is 79.6 Å². The maximum atomic E-state index is 14.8. The van der Waals surface area contributed by atoms with Crippen LogP contribution in [0.5, 0.6) is 11.6 Å². The van der Waals surface area contributed by atoms with Gasteiger partial charge < -0.3 is 34.1 Å². The van der Waals surface area contributed by atoms with Gasteiger partial charge in [0, 0.05) is 38.9 Å². The number of anilines is 1. The van der Waals surface area contributed by atoms with Crippen LogP contribution >= 0.6 is 0 Å². The fourth-order valence-corrected chi connectivity index (χ4v) is 10.6. The van der Waals surface area contributed by atoms with Gasteiger partial charge in [-0.15, -0.1) is 0 Å². The minimum absolute atomic E-state index is 0.0141. The molecule has 2 aromatic rings. The number of carbonyl (C=O) groups is 4. The highest BCUT2D eigenvalue weighted by Gasteiger charge is 2.89. The summed E-state index contributed by atoms with van der Waals surface area (Å²) in [7, 11) is 0.878. The normalized spacial score (nSPS) is 31.0. The van der Waals surface area contributed by atoms with Crippen molar-refractivity contribution < 1.29 is 59.7 Å². The molecule has 1 aromatic heterocycles. The number of nitrogens with one attached hydrogen (secondary N) is 1. The van der Waals surface area contributed by atoms with Gasteiger partial charge in [0.1, 0.15) is 23.4 Å². The monoisotopic (exact) mass is 864 g/mol. The van der Waals surface area contributed by atoms with Crippen molar-refractivity contribution in [2.24, 2.45) is 11.8 Å². The Morgan fingerprint density at radius 3 is 2.40 bits per heavy atom. The lowest BCUT2D eigenvalue weighted by Gasteiger charge is -2.45. The van der Waals surface area contributed by atoms with Crippen molar-refractivity contribution in [2.75, 3.05) is 32.6 Å². The smallest absolute Gasteiger partial charge is 0.497 e. The molecule has 16 nitrogen and oxygen atoms in total. The Bertz CT molecular complexity index is 2250. The Hall–Kier alpha value is -4.88. The highest BCUT2D eigenvalue weighted by atomic mass is 32.2. The predicted molar refractivity (Wildman–Crippen MR) is 209 cm³/mol. The molecule has 7 rings (SSSR count). The number of aromatic nitrogens is 2. The van der Waals surface area contributed by atoms with E-state index in [0.717, 1.165) is 9.21 Å². The number of allylic oxidation sites excluding steroid dienone is 1. The molecule has 2 saturated carbocycles. The van der Waals surface area contributed by atoms with Crippen molar-refractivity contribution >= 4 is 50.8 Å². The van der Waals surface area contributed by atoms with Gasteiger partial charge in [-0.3, -0.25) is 14.4 Å². The van der Waals surface area contributed by atoms with Gasteiger partial charge in [-0.05, 0) is 70.9 Å². The Balaban J connectivity index is 1.26. The van der Waals surface area contributed by atoms with Gasteiger partial charge in [0.15, 0.2) is 11.6 Å². The maximum Gasteiger partial charge on any atom is 0.509 e. The second-order valence-electron chi connectivity index (χ2n) is 17.8. The SMILES string of the molecule is COc1ccc2c(O[C@@H]3C[C@H]4C(=O)N[C@]56C[C@]5(/C=C\CC[C@@H](C)C[C@@H](C)[C@H](OC(=O)OC(C)(C)C(F)(F)F)C(=O)N4C3)N(S(=O)(=O)C3(C)CC3)C6=O)nc(N(C)C)nc2c1. The van der Waals surface area contributed by atoms with Gasteiger partial charge in [0.05, 0.1) is 29.3 Å². The summed E-state index contributed by atoms with van der Waals surface area (Å²) in [6.07, 6.45) is -4.02. The molecular weight excluding hydrogens is 814 g/mol. The van der Waals surface area contributed by atoms with Gasteiger partial charge in [-0.2, -0.15) is 18.2 Å². The summed E-state index contributed by atoms with van der Waals surface area (Å²) in [5.74, 6) is -2.46. The fraction of sp³-hybridized carbons (Fsp3) is 0.650. The standard InChI is InChI=1S/C40H51F3N6O10S/c1-22-11-9-10-14-38-21-39(38,33(52)49(38)60(54,55)37(5)15-16-37)46-30(50)28-19-25(57-31-26-13-12-24(56-8)18-27(26)44-34(45-31)47(6)7)20-48(28)32(51)29(23(2)17-22)58-35(53)59-36(3,4)40(41,42)43/h10,12-14,18,22-23,25,28-29H,9,11,15-17,19-21H2,1-8H3,(H,46,50)/b14-10-/t22-,23-,25-,28+,29+,38+,39+/m1/s1. The van der Waals surface area contributed by atoms with E-state index < -0.39 is 85.7 Å². The lowest BCUT2D eigenvalue weighted by Crippen LogP contribution is -2.73. The van der Waals surface area contributed by atoms with Crippen LogP contribution in [0.3, 0.4) is 0 Å². The van der Waals surface area contributed by atoms with E-state index in [1.807, 2.05) is 6.92 Å². The third-order valence-corrected chi connectivity index (χ3v) is 15.2. The van der Waals surface area contributed by atoms with Crippen LogP contribution in [0.15, 0.2) is 30.4 Å². The number of rotatable bonds is 8. The lowest BCUT2D eigenvalue weighted by atomic mass is 9.89. The highest BCUT2D eigenvalue weighted by Crippen LogP contribution is 2.67. The van der Waals surface area contributed by atoms with Gasteiger partial charge >= 0.3 is 12.3 Å². The number of hydrogen-bond acceptors (Lipinski definition) is 13. The summed E-state index contributed by atoms with van der Waals surface area (Å²) in [4.78, 5) is 68.4. The summed E-state index contributed by atoms with van der Waals surface area (Å²) >= 11 is 0. The van der Waals surface area contributed by atoms with E-state index in [-0.39, 0.29) is 43.6 Å². The molecule has 3 amide bonds. The molecule has 3 aliphatic heterocycles. The molecule has 4 heterocycles. The van der Waals surface area contributed by atoms with Crippen LogP contribution in [0.2, 0.25) is 0 Å². The van der Waals surface area contributed by atoms with E-state index in [2.05, 4.69) is 15.3 Å². The molecule has 2 saturated heterocycles. The number of benzene rings is 1. The number of β-lactam (4-membered cyclic amide) rings is 1. The Morgan fingerprint density at radius 2 is 1.77 bits per heavy atom. The van der Waals surface area contributed by atoms with Crippen LogP contribution in [-0.2, 0) is 33.9 Å².